The molecule has 0 rings (SSSR count). The maximum absolute atomic E-state index is 13.2. The molecule has 0 aliphatic carbocycles. The van der Waals surface area contributed by atoms with Crippen LogP contribution in [0.3, 0.4) is 0 Å². The molecule has 1 atom stereocenters. The molecule has 1 unspecified atom stereocenters. The minimum Gasteiger partial charge on any atom is -0.207 e. The fraction of sp³-hybridized carbons (Fsp3) is 1.00. The molecular formula is C12H22F4. The molecule has 0 heterocycles. The lowest BCUT2D eigenvalue weighted by molar-refractivity contribution is -0.0556. The van der Waals surface area contributed by atoms with E-state index in [0.717, 1.165) is 6.92 Å². The molecule has 0 saturated heterocycles. The molecule has 16 heavy (non-hydrogen) atoms. The lowest BCUT2D eigenvalue weighted by Crippen LogP contribution is -2.24. The first-order valence-electron chi connectivity index (χ1n) is 5.80. The van der Waals surface area contributed by atoms with Crippen molar-refractivity contribution in [1.29, 1.82) is 0 Å². The summed E-state index contributed by atoms with van der Waals surface area (Å²) in [6.07, 6.45) is 0.318. The van der Waals surface area contributed by atoms with E-state index in [1.807, 2.05) is 0 Å². The number of alkyl halides is 4. The molecule has 0 saturated carbocycles. The molecule has 0 fully saturated rings. The van der Waals surface area contributed by atoms with Crippen LogP contribution in [-0.4, -0.2) is 11.8 Å². The maximum atomic E-state index is 13.2. The van der Waals surface area contributed by atoms with Crippen molar-refractivity contribution in [3.05, 3.63) is 0 Å². The highest BCUT2D eigenvalue weighted by Gasteiger charge is 2.32. The van der Waals surface area contributed by atoms with Crippen LogP contribution < -0.4 is 0 Å². The third kappa shape index (κ3) is 7.07. The SMILES string of the molecule is CC(CCCC(F)(F)C(C)C)CC(C)(F)F. The summed E-state index contributed by atoms with van der Waals surface area (Å²) in [5.41, 5.74) is 0. The zero-order valence-electron chi connectivity index (χ0n) is 10.5. The summed E-state index contributed by atoms with van der Waals surface area (Å²) in [6.45, 7) is 5.50. The summed E-state index contributed by atoms with van der Waals surface area (Å²) < 4.78 is 51.6. The predicted molar refractivity (Wildman–Crippen MR) is 58.0 cm³/mol. The molecule has 4 heteroatoms. The summed E-state index contributed by atoms with van der Waals surface area (Å²) in [5.74, 6) is -6.26. The molecular weight excluding hydrogens is 220 g/mol. The van der Waals surface area contributed by atoms with Crippen LogP contribution in [0.15, 0.2) is 0 Å². The van der Waals surface area contributed by atoms with Crippen molar-refractivity contribution in [1.82, 2.24) is 0 Å². The first-order chi connectivity index (χ1) is 7.04. The van der Waals surface area contributed by atoms with Crippen molar-refractivity contribution >= 4 is 0 Å². The second-order valence-electron chi connectivity index (χ2n) is 5.19. The van der Waals surface area contributed by atoms with Crippen molar-refractivity contribution in [3.8, 4) is 0 Å². The third-order valence-electron chi connectivity index (χ3n) is 2.76. The predicted octanol–water partition coefficient (Wildman–Crippen LogP) is 5.13. The van der Waals surface area contributed by atoms with Gasteiger partial charge < -0.3 is 0 Å². The fourth-order valence-electron chi connectivity index (χ4n) is 1.69. The molecule has 0 aromatic carbocycles. The van der Waals surface area contributed by atoms with Gasteiger partial charge in [-0.25, -0.2) is 17.6 Å². The van der Waals surface area contributed by atoms with Crippen molar-refractivity contribution < 1.29 is 17.6 Å². The monoisotopic (exact) mass is 242 g/mol. The highest BCUT2D eigenvalue weighted by atomic mass is 19.3. The Morgan fingerprint density at radius 1 is 1.00 bits per heavy atom. The Morgan fingerprint density at radius 3 is 1.88 bits per heavy atom. The first-order valence-corrected chi connectivity index (χ1v) is 5.80. The number of halogens is 4. The highest BCUT2D eigenvalue weighted by Crippen LogP contribution is 2.32. The summed E-state index contributed by atoms with van der Waals surface area (Å²) in [7, 11) is 0. The van der Waals surface area contributed by atoms with Gasteiger partial charge in [0.15, 0.2) is 0 Å². The molecule has 0 aliphatic rings. The summed E-state index contributed by atoms with van der Waals surface area (Å²) in [6, 6.07) is 0. The van der Waals surface area contributed by atoms with Gasteiger partial charge in [0.2, 0.25) is 11.8 Å². The van der Waals surface area contributed by atoms with Crippen molar-refractivity contribution in [3.63, 3.8) is 0 Å². The van der Waals surface area contributed by atoms with E-state index in [1.165, 1.54) is 13.8 Å². The van der Waals surface area contributed by atoms with Crippen LogP contribution in [0.5, 0.6) is 0 Å². The molecule has 0 aromatic heterocycles. The van der Waals surface area contributed by atoms with E-state index in [1.54, 1.807) is 6.92 Å². The molecule has 0 bridgehead atoms. The molecule has 0 aromatic rings. The van der Waals surface area contributed by atoms with Gasteiger partial charge in [0, 0.05) is 18.8 Å². The smallest absolute Gasteiger partial charge is 0.207 e. The van der Waals surface area contributed by atoms with Gasteiger partial charge in [-0.3, -0.25) is 0 Å². The average molecular weight is 242 g/mol. The standard InChI is InChI=1S/C12H22F4/c1-9(2)12(15,16)7-5-6-10(3)8-11(4,13)14/h9-10H,5-8H2,1-4H3. The van der Waals surface area contributed by atoms with Crippen LogP contribution >= 0.6 is 0 Å². The molecule has 0 spiro atoms. The van der Waals surface area contributed by atoms with E-state index in [4.69, 9.17) is 0 Å². The van der Waals surface area contributed by atoms with E-state index in [-0.39, 0.29) is 18.8 Å². The second kappa shape index (κ2) is 5.87. The minimum atomic E-state index is -2.69. The Morgan fingerprint density at radius 2 is 1.50 bits per heavy atom. The second-order valence-corrected chi connectivity index (χ2v) is 5.19. The third-order valence-corrected chi connectivity index (χ3v) is 2.76. The van der Waals surface area contributed by atoms with Crippen LogP contribution in [-0.2, 0) is 0 Å². The largest absolute Gasteiger partial charge is 0.250 e. The Bertz CT molecular complexity index is 194. The quantitative estimate of drug-likeness (QED) is 0.543. The van der Waals surface area contributed by atoms with Gasteiger partial charge in [-0.15, -0.1) is 0 Å². The summed E-state index contributed by atoms with van der Waals surface area (Å²) in [5, 5.41) is 0. The molecule has 0 aliphatic heterocycles. The molecule has 98 valence electrons. The van der Waals surface area contributed by atoms with Crippen molar-refractivity contribution in [2.24, 2.45) is 11.8 Å². The Kier molecular flexibility index (Phi) is 5.77. The van der Waals surface area contributed by atoms with Gasteiger partial charge in [-0.2, -0.15) is 0 Å². The minimum absolute atomic E-state index is 0.204. The van der Waals surface area contributed by atoms with E-state index in [0.29, 0.717) is 12.8 Å². The van der Waals surface area contributed by atoms with E-state index < -0.39 is 17.8 Å². The van der Waals surface area contributed by atoms with E-state index in [9.17, 15) is 17.6 Å². The lowest BCUT2D eigenvalue weighted by atomic mass is 9.94. The van der Waals surface area contributed by atoms with Crippen LogP contribution in [0.2, 0.25) is 0 Å². The topological polar surface area (TPSA) is 0 Å². The van der Waals surface area contributed by atoms with E-state index in [2.05, 4.69) is 0 Å². The molecule has 0 nitrogen and oxygen atoms in total. The summed E-state index contributed by atoms with van der Waals surface area (Å²) in [4.78, 5) is 0. The zero-order valence-corrected chi connectivity index (χ0v) is 10.5. The first kappa shape index (κ1) is 15.7. The van der Waals surface area contributed by atoms with Gasteiger partial charge in [-0.05, 0) is 19.3 Å². The van der Waals surface area contributed by atoms with Crippen LogP contribution in [0.1, 0.15) is 53.4 Å². The van der Waals surface area contributed by atoms with Gasteiger partial charge >= 0.3 is 0 Å². The fourth-order valence-corrected chi connectivity index (χ4v) is 1.69. The van der Waals surface area contributed by atoms with Gasteiger partial charge in [-0.1, -0.05) is 27.2 Å². The van der Waals surface area contributed by atoms with Crippen molar-refractivity contribution in [2.45, 2.75) is 65.2 Å². The molecule has 0 amide bonds. The van der Waals surface area contributed by atoms with Crippen molar-refractivity contribution in [2.75, 3.05) is 0 Å². The zero-order chi connectivity index (χ0) is 13.0. The normalized spacial score (nSPS) is 15.6. The highest BCUT2D eigenvalue weighted by molar-refractivity contribution is 4.71. The van der Waals surface area contributed by atoms with Gasteiger partial charge in [0.05, 0.1) is 0 Å². The van der Waals surface area contributed by atoms with Gasteiger partial charge in [0.25, 0.3) is 0 Å². The summed E-state index contributed by atoms with van der Waals surface area (Å²) >= 11 is 0. The van der Waals surface area contributed by atoms with Gasteiger partial charge in [0.1, 0.15) is 0 Å². The number of rotatable bonds is 7. The average Bonchev–Trinajstić information content (AvgIpc) is 1.99. The van der Waals surface area contributed by atoms with Crippen LogP contribution in [0.4, 0.5) is 17.6 Å². The molecule has 0 N–H and O–H groups in total. The van der Waals surface area contributed by atoms with Crippen LogP contribution in [0.25, 0.3) is 0 Å². The Hall–Kier alpha value is -0.280. The maximum Gasteiger partial charge on any atom is 0.250 e. The lowest BCUT2D eigenvalue weighted by Gasteiger charge is -2.21. The molecule has 0 radical (unpaired) electrons. The number of hydrogen-bond donors (Lipinski definition) is 0. The Labute approximate surface area is 95.4 Å². The Balaban J connectivity index is 3.82. The number of hydrogen-bond acceptors (Lipinski definition) is 0. The van der Waals surface area contributed by atoms with Crippen LogP contribution in [0, 0.1) is 11.8 Å². The van der Waals surface area contributed by atoms with E-state index >= 15 is 0 Å².